The number of carbonyl (C=O) groups is 1. The molecule has 0 aromatic heterocycles. The molecule has 0 radical (unpaired) electrons. The van der Waals surface area contributed by atoms with Gasteiger partial charge in [-0.1, -0.05) is 54.6 Å². The van der Waals surface area contributed by atoms with E-state index in [0.717, 1.165) is 43.1 Å². The van der Waals surface area contributed by atoms with Crippen molar-refractivity contribution in [2.75, 3.05) is 43.4 Å². The Labute approximate surface area is 160 Å². The number of benzene rings is 3. The zero-order valence-electron chi connectivity index (χ0n) is 15.7. The number of hydrogen-bond donors (Lipinski definition) is 1. The predicted molar refractivity (Wildman–Crippen MR) is 112 cm³/mol. The Morgan fingerprint density at radius 2 is 1.59 bits per heavy atom. The maximum atomic E-state index is 12.7. The summed E-state index contributed by atoms with van der Waals surface area (Å²) >= 11 is 0. The van der Waals surface area contributed by atoms with Gasteiger partial charge in [-0.05, 0) is 35.5 Å². The molecule has 4 heteroatoms. The summed E-state index contributed by atoms with van der Waals surface area (Å²) in [5.41, 5.74) is 3.04. The second-order valence-electron chi connectivity index (χ2n) is 7.21. The topological polar surface area (TPSA) is 35.6 Å². The van der Waals surface area contributed by atoms with E-state index in [1.54, 1.807) is 0 Å². The van der Waals surface area contributed by atoms with Crippen molar-refractivity contribution in [1.29, 1.82) is 0 Å². The van der Waals surface area contributed by atoms with Crippen LogP contribution in [0.4, 0.5) is 11.4 Å². The highest BCUT2D eigenvalue weighted by Crippen LogP contribution is 2.27. The number of anilines is 2. The van der Waals surface area contributed by atoms with E-state index in [1.165, 1.54) is 10.8 Å². The van der Waals surface area contributed by atoms with E-state index in [9.17, 15) is 4.79 Å². The highest BCUT2D eigenvalue weighted by Gasteiger charge is 2.17. The second kappa shape index (κ2) is 7.80. The lowest BCUT2D eigenvalue weighted by molar-refractivity contribution is -0.115. The maximum Gasteiger partial charge on any atom is 0.228 e. The molecule has 0 atom stereocenters. The Bertz CT molecular complexity index is 945. The average Bonchev–Trinajstić information content (AvgIpc) is 2.69. The molecule has 1 aliphatic heterocycles. The number of fused-ring (bicyclic) bond motifs is 1. The number of rotatable bonds is 4. The molecule has 0 saturated carbocycles. The molecule has 1 aliphatic rings. The molecule has 0 unspecified atom stereocenters. The highest BCUT2D eigenvalue weighted by atomic mass is 16.1. The van der Waals surface area contributed by atoms with Gasteiger partial charge in [0, 0.05) is 26.2 Å². The lowest BCUT2D eigenvalue weighted by Gasteiger charge is -2.35. The third kappa shape index (κ3) is 4.12. The summed E-state index contributed by atoms with van der Waals surface area (Å²) in [6.45, 7) is 4.04. The number of hydrogen-bond acceptors (Lipinski definition) is 3. The number of nitrogens with zero attached hydrogens (tertiary/aromatic N) is 2. The summed E-state index contributed by atoms with van der Waals surface area (Å²) in [4.78, 5) is 17.4. The van der Waals surface area contributed by atoms with Crippen molar-refractivity contribution in [2.24, 2.45) is 0 Å². The minimum Gasteiger partial charge on any atom is -0.367 e. The van der Waals surface area contributed by atoms with E-state index in [1.807, 2.05) is 36.4 Å². The van der Waals surface area contributed by atoms with Crippen LogP contribution >= 0.6 is 0 Å². The van der Waals surface area contributed by atoms with Crippen LogP contribution in [0.1, 0.15) is 5.56 Å². The summed E-state index contributed by atoms with van der Waals surface area (Å²) in [7, 11) is 2.15. The van der Waals surface area contributed by atoms with Crippen LogP contribution in [0.25, 0.3) is 10.8 Å². The fourth-order valence-electron chi connectivity index (χ4n) is 3.63. The van der Waals surface area contributed by atoms with Gasteiger partial charge in [0.1, 0.15) is 0 Å². The summed E-state index contributed by atoms with van der Waals surface area (Å²) in [6.07, 6.45) is 0.377. The minimum absolute atomic E-state index is 0.0202. The fourth-order valence-corrected chi connectivity index (χ4v) is 3.63. The lowest BCUT2D eigenvalue weighted by Crippen LogP contribution is -2.44. The Morgan fingerprint density at radius 1 is 0.889 bits per heavy atom. The SMILES string of the molecule is CN1CCN(c2ccccc2NC(=O)Cc2ccc3ccccc3c2)CC1. The summed E-state index contributed by atoms with van der Waals surface area (Å²) in [5.74, 6) is 0.0202. The zero-order chi connectivity index (χ0) is 18.6. The minimum atomic E-state index is 0.0202. The first kappa shape index (κ1) is 17.6. The Balaban J connectivity index is 1.47. The number of amides is 1. The van der Waals surface area contributed by atoms with Gasteiger partial charge in [-0.3, -0.25) is 4.79 Å². The molecule has 1 amide bonds. The zero-order valence-corrected chi connectivity index (χ0v) is 15.7. The van der Waals surface area contributed by atoms with Crippen LogP contribution < -0.4 is 10.2 Å². The van der Waals surface area contributed by atoms with E-state index in [0.29, 0.717) is 6.42 Å². The molecule has 138 valence electrons. The first-order valence-corrected chi connectivity index (χ1v) is 9.49. The molecular weight excluding hydrogens is 334 g/mol. The third-order valence-corrected chi connectivity index (χ3v) is 5.20. The van der Waals surface area contributed by atoms with Crippen molar-refractivity contribution in [3.05, 3.63) is 72.3 Å². The van der Waals surface area contributed by atoms with Crippen molar-refractivity contribution in [3.63, 3.8) is 0 Å². The van der Waals surface area contributed by atoms with Gasteiger partial charge in [0.2, 0.25) is 5.91 Å². The summed E-state index contributed by atoms with van der Waals surface area (Å²) < 4.78 is 0. The highest BCUT2D eigenvalue weighted by molar-refractivity contribution is 5.96. The molecule has 4 rings (SSSR count). The largest absolute Gasteiger partial charge is 0.367 e. The summed E-state index contributed by atoms with van der Waals surface area (Å²) in [6, 6.07) is 22.5. The molecule has 3 aromatic carbocycles. The van der Waals surface area contributed by atoms with Crippen molar-refractivity contribution < 1.29 is 4.79 Å². The van der Waals surface area contributed by atoms with Crippen LogP contribution in [0.3, 0.4) is 0 Å². The molecule has 3 aromatic rings. The standard InChI is InChI=1S/C23H25N3O/c1-25-12-14-26(15-13-25)22-9-5-4-8-21(22)24-23(27)17-18-10-11-19-6-2-3-7-20(19)16-18/h2-11,16H,12-15,17H2,1H3,(H,24,27). The van der Waals surface area contributed by atoms with Crippen molar-refractivity contribution in [2.45, 2.75) is 6.42 Å². The van der Waals surface area contributed by atoms with Gasteiger partial charge in [-0.25, -0.2) is 0 Å². The third-order valence-electron chi connectivity index (χ3n) is 5.20. The molecule has 1 saturated heterocycles. The number of carbonyl (C=O) groups excluding carboxylic acids is 1. The normalized spacial score (nSPS) is 15.1. The van der Waals surface area contributed by atoms with Crippen LogP contribution in [-0.2, 0) is 11.2 Å². The lowest BCUT2D eigenvalue weighted by atomic mass is 10.0. The molecule has 1 heterocycles. The van der Waals surface area contributed by atoms with E-state index < -0.39 is 0 Å². The molecule has 0 bridgehead atoms. The quantitative estimate of drug-likeness (QED) is 0.770. The molecule has 0 spiro atoms. The van der Waals surface area contributed by atoms with Crippen molar-refractivity contribution in [3.8, 4) is 0 Å². The number of para-hydroxylation sites is 2. The molecule has 1 N–H and O–H groups in total. The van der Waals surface area contributed by atoms with Crippen LogP contribution in [-0.4, -0.2) is 44.0 Å². The monoisotopic (exact) mass is 359 g/mol. The summed E-state index contributed by atoms with van der Waals surface area (Å²) in [5, 5.41) is 5.48. The van der Waals surface area contributed by atoms with Gasteiger partial charge in [-0.2, -0.15) is 0 Å². The van der Waals surface area contributed by atoms with Crippen LogP contribution in [0.15, 0.2) is 66.7 Å². The van der Waals surface area contributed by atoms with Gasteiger partial charge < -0.3 is 15.1 Å². The van der Waals surface area contributed by atoms with Gasteiger partial charge in [0.25, 0.3) is 0 Å². The van der Waals surface area contributed by atoms with Gasteiger partial charge in [-0.15, -0.1) is 0 Å². The molecular formula is C23H25N3O. The van der Waals surface area contributed by atoms with E-state index in [4.69, 9.17) is 0 Å². The smallest absolute Gasteiger partial charge is 0.228 e. The van der Waals surface area contributed by atoms with Gasteiger partial charge in [0.15, 0.2) is 0 Å². The Morgan fingerprint density at radius 3 is 2.41 bits per heavy atom. The molecule has 0 aliphatic carbocycles. The van der Waals surface area contributed by atoms with Gasteiger partial charge in [0.05, 0.1) is 17.8 Å². The number of piperazine rings is 1. The van der Waals surface area contributed by atoms with Crippen molar-refractivity contribution >= 4 is 28.1 Å². The molecule has 4 nitrogen and oxygen atoms in total. The number of nitrogens with one attached hydrogen (secondary N) is 1. The number of likely N-dealkylation sites (N-methyl/N-ethyl adjacent to an activating group) is 1. The van der Waals surface area contributed by atoms with Crippen LogP contribution in [0, 0.1) is 0 Å². The van der Waals surface area contributed by atoms with E-state index >= 15 is 0 Å². The van der Waals surface area contributed by atoms with E-state index in [2.05, 4.69) is 52.5 Å². The predicted octanol–water partition coefficient (Wildman–Crippen LogP) is 3.77. The maximum absolute atomic E-state index is 12.7. The average molecular weight is 359 g/mol. The molecule has 27 heavy (non-hydrogen) atoms. The van der Waals surface area contributed by atoms with Gasteiger partial charge >= 0.3 is 0 Å². The Hall–Kier alpha value is -2.85. The molecule has 1 fully saturated rings. The van der Waals surface area contributed by atoms with Crippen LogP contribution in [0.2, 0.25) is 0 Å². The first-order valence-electron chi connectivity index (χ1n) is 9.49. The first-order chi connectivity index (χ1) is 13.2. The van der Waals surface area contributed by atoms with E-state index in [-0.39, 0.29) is 5.91 Å². The Kier molecular flexibility index (Phi) is 5.07. The second-order valence-corrected chi connectivity index (χ2v) is 7.21. The van der Waals surface area contributed by atoms with Crippen molar-refractivity contribution in [1.82, 2.24) is 4.90 Å². The van der Waals surface area contributed by atoms with Crippen LogP contribution in [0.5, 0.6) is 0 Å². The fraction of sp³-hybridized carbons (Fsp3) is 0.261.